The van der Waals surface area contributed by atoms with Crippen LogP contribution in [0.2, 0.25) is 10.0 Å². The van der Waals surface area contributed by atoms with Crippen LogP contribution in [-0.2, 0) is 6.42 Å². The molecule has 0 amide bonds. The Morgan fingerprint density at radius 2 is 2.00 bits per heavy atom. The molecule has 1 heterocycles. The third-order valence-electron chi connectivity index (χ3n) is 3.81. The van der Waals surface area contributed by atoms with E-state index in [1.807, 2.05) is 23.6 Å². The largest absolute Gasteiger partial charge is 0.360 e. The molecule has 6 heteroatoms. The molecule has 3 nitrogen and oxygen atoms in total. The number of rotatable bonds is 5. The second-order valence-electron chi connectivity index (χ2n) is 5.53. The van der Waals surface area contributed by atoms with Crippen LogP contribution in [0.15, 0.2) is 54.0 Å². The Bertz CT molecular complexity index is 985. The molecule has 26 heavy (non-hydrogen) atoms. The molecule has 3 aromatic rings. The number of nitrogens with zero attached hydrogens (tertiary/aromatic N) is 2. The summed E-state index contributed by atoms with van der Waals surface area (Å²) in [6, 6.07) is 15.6. The summed E-state index contributed by atoms with van der Waals surface area (Å²) >= 11 is 13.6. The SMILES string of the molecule is CCc1ccc(N/C=C(/C#N)c2nc(-c3ccc(Cl)cc3Cl)cs2)cc1. The molecule has 0 aliphatic heterocycles. The van der Waals surface area contributed by atoms with Gasteiger partial charge in [-0.1, -0.05) is 42.3 Å². The van der Waals surface area contributed by atoms with Gasteiger partial charge in [-0.05, 0) is 42.3 Å². The zero-order chi connectivity index (χ0) is 18.5. The van der Waals surface area contributed by atoms with E-state index in [4.69, 9.17) is 23.2 Å². The van der Waals surface area contributed by atoms with Crippen LogP contribution < -0.4 is 5.32 Å². The summed E-state index contributed by atoms with van der Waals surface area (Å²) in [5.74, 6) is 0. The summed E-state index contributed by atoms with van der Waals surface area (Å²) in [6.07, 6.45) is 2.67. The Morgan fingerprint density at radius 1 is 1.23 bits per heavy atom. The Kier molecular flexibility index (Phi) is 5.95. The van der Waals surface area contributed by atoms with Crippen LogP contribution >= 0.6 is 34.5 Å². The van der Waals surface area contributed by atoms with Crippen molar-refractivity contribution < 1.29 is 0 Å². The third-order valence-corrected chi connectivity index (χ3v) is 5.23. The van der Waals surface area contributed by atoms with E-state index in [1.54, 1.807) is 18.3 Å². The Labute approximate surface area is 166 Å². The molecular formula is C20H15Cl2N3S. The van der Waals surface area contributed by atoms with Gasteiger partial charge in [0.1, 0.15) is 16.6 Å². The third kappa shape index (κ3) is 4.25. The van der Waals surface area contributed by atoms with Gasteiger partial charge in [-0.3, -0.25) is 0 Å². The van der Waals surface area contributed by atoms with Gasteiger partial charge in [0.05, 0.1) is 10.7 Å². The molecule has 0 bridgehead atoms. The van der Waals surface area contributed by atoms with Crippen LogP contribution in [0.1, 0.15) is 17.5 Å². The fraction of sp³-hybridized carbons (Fsp3) is 0.100. The van der Waals surface area contributed by atoms with Gasteiger partial charge < -0.3 is 5.32 Å². The van der Waals surface area contributed by atoms with Gasteiger partial charge >= 0.3 is 0 Å². The first-order valence-corrected chi connectivity index (χ1v) is 9.61. The number of nitriles is 1. The van der Waals surface area contributed by atoms with E-state index in [-0.39, 0.29) is 0 Å². The van der Waals surface area contributed by atoms with Crippen molar-refractivity contribution in [3.05, 3.63) is 74.7 Å². The predicted molar refractivity (Wildman–Crippen MR) is 111 cm³/mol. The summed E-state index contributed by atoms with van der Waals surface area (Å²) in [7, 11) is 0. The topological polar surface area (TPSA) is 48.7 Å². The average Bonchev–Trinajstić information content (AvgIpc) is 3.12. The quantitative estimate of drug-likeness (QED) is 0.488. The predicted octanol–water partition coefficient (Wildman–Crippen LogP) is 6.66. The summed E-state index contributed by atoms with van der Waals surface area (Å²) in [6.45, 7) is 2.11. The smallest absolute Gasteiger partial charge is 0.136 e. The van der Waals surface area contributed by atoms with Crippen molar-refractivity contribution in [1.29, 1.82) is 5.26 Å². The molecule has 0 atom stereocenters. The van der Waals surface area contributed by atoms with Gasteiger partial charge in [-0.2, -0.15) is 5.26 Å². The van der Waals surface area contributed by atoms with E-state index < -0.39 is 0 Å². The number of hydrogen-bond acceptors (Lipinski definition) is 4. The van der Waals surface area contributed by atoms with Crippen LogP contribution in [0.4, 0.5) is 5.69 Å². The van der Waals surface area contributed by atoms with Gasteiger partial charge in [-0.25, -0.2) is 4.98 Å². The molecular weight excluding hydrogens is 385 g/mol. The molecule has 1 N–H and O–H groups in total. The van der Waals surface area contributed by atoms with Crippen molar-refractivity contribution in [1.82, 2.24) is 4.98 Å². The molecule has 0 saturated carbocycles. The number of halogens is 2. The molecule has 0 fully saturated rings. The first-order valence-electron chi connectivity index (χ1n) is 7.97. The van der Waals surface area contributed by atoms with Crippen LogP contribution in [0.3, 0.4) is 0 Å². The maximum absolute atomic E-state index is 9.48. The number of aromatic nitrogens is 1. The summed E-state index contributed by atoms with van der Waals surface area (Å²) < 4.78 is 0. The van der Waals surface area contributed by atoms with E-state index in [1.165, 1.54) is 16.9 Å². The average molecular weight is 400 g/mol. The number of hydrogen-bond donors (Lipinski definition) is 1. The fourth-order valence-corrected chi connectivity index (χ4v) is 3.64. The maximum Gasteiger partial charge on any atom is 0.136 e. The number of aryl methyl sites for hydroxylation is 1. The van der Waals surface area contributed by atoms with E-state index in [9.17, 15) is 5.26 Å². The highest BCUT2D eigenvalue weighted by atomic mass is 35.5. The molecule has 1 aromatic heterocycles. The lowest BCUT2D eigenvalue weighted by Crippen LogP contribution is -1.91. The molecule has 0 saturated heterocycles. The van der Waals surface area contributed by atoms with Gasteiger partial charge in [0, 0.05) is 27.9 Å². The first-order chi connectivity index (χ1) is 12.6. The van der Waals surface area contributed by atoms with Crippen LogP contribution in [-0.4, -0.2) is 4.98 Å². The minimum Gasteiger partial charge on any atom is -0.360 e. The van der Waals surface area contributed by atoms with Crippen molar-refractivity contribution in [3.8, 4) is 17.3 Å². The molecule has 0 spiro atoms. The lowest BCUT2D eigenvalue weighted by atomic mass is 10.1. The van der Waals surface area contributed by atoms with Gasteiger partial charge in [0.25, 0.3) is 0 Å². The normalized spacial score (nSPS) is 11.2. The van der Waals surface area contributed by atoms with E-state index >= 15 is 0 Å². The summed E-state index contributed by atoms with van der Waals surface area (Å²) in [5.41, 5.74) is 4.17. The van der Waals surface area contributed by atoms with E-state index in [0.29, 0.717) is 20.6 Å². The molecule has 0 radical (unpaired) electrons. The number of thiazole rings is 1. The number of nitrogens with one attached hydrogen (secondary N) is 1. The first kappa shape index (κ1) is 18.5. The summed E-state index contributed by atoms with van der Waals surface area (Å²) in [5, 5.41) is 16.2. The Hall–Kier alpha value is -2.32. The standard InChI is InChI=1S/C20H15Cl2N3S/c1-2-13-3-6-16(7-4-13)24-11-14(10-23)20-25-19(12-26-20)17-8-5-15(21)9-18(17)22/h3-9,11-12,24H,2H2,1H3/b14-11-. The molecule has 2 aromatic carbocycles. The highest BCUT2D eigenvalue weighted by Gasteiger charge is 2.11. The van der Waals surface area contributed by atoms with Crippen molar-refractivity contribution >= 4 is 45.8 Å². The van der Waals surface area contributed by atoms with E-state index in [2.05, 4.69) is 35.4 Å². The van der Waals surface area contributed by atoms with Crippen LogP contribution in [0, 0.1) is 11.3 Å². The van der Waals surface area contributed by atoms with E-state index in [0.717, 1.165) is 23.4 Å². The van der Waals surface area contributed by atoms with Crippen LogP contribution in [0.25, 0.3) is 16.8 Å². The Balaban J connectivity index is 1.82. The fourth-order valence-electron chi connectivity index (χ4n) is 2.35. The van der Waals surface area contributed by atoms with Crippen molar-refractivity contribution in [3.63, 3.8) is 0 Å². The lowest BCUT2D eigenvalue weighted by Gasteiger charge is -2.03. The second kappa shape index (κ2) is 8.37. The molecule has 130 valence electrons. The van der Waals surface area contributed by atoms with Crippen molar-refractivity contribution in [2.24, 2.45) is 0 Å². The zero-order valence-corrected chi connectivity index (χ0v) is 16.3. The zero-order valence-electron chi connectivity index (χ0n) is 14.0. The van der Waals surface area contributed by atoms with Gasteiger partial charge in [0.2, 0.25) is 0 Å². The molecule has 0 unspecified atom stereocenters. The molecule has 3 rings (SSSR count). The minimum atomic E-state index is 0.464. The Morgan fingerprint density at radius 3 is 2.65 bits per heavy atom. The molecule has 0 aliphatic carbocycles. The lowest BCUT2D eigenvalue weighted by molar-refractivity contribution is 1.14. The second-order valence-corrected chi connectivity index (χ2v) is 7.23. The maximum atomic E-state index is 9.48. The monoisotopic (exact) mass is 399 g/mol. The van der Waals surface area contributed by atoms with Gasteiger partial charge in [0.15, 0.2) is 0 Å². The highest BCUT2D eigenvalue weighted by molar-refractivity contribution is 7.11. The van der Waals surface area contributed by atoms with Gasteiger partial charge in [-0.15, -0.1) is 11.3 Å². The number of allylic oxidation sites excluding steroid dienone is 1. The highest BCUT2D eigenvalue weighted by Crippen LogP contribution is 2.32. The summed E-state index contributed by atoms with van der Waals surface area (Å²) in [4.78, 5) is 4.54. The van der Waals surface area contributed by atoms with Crippen LogP contribution in [0.5, 0.6) is 0 Å². The van der Waals surface area contributed by atoms with Crippen molar-refractivity contribution in [2.75, 3.05) is 5.32 Å². The minimum absolute atomic E-state index is 0.464. The number of anilines is 1. The number of benzene rings is 2. The van der Waals surface area contributed by atoms with Crippen molar-refractivity contribution in [2.45, 2.75) is 13.3 Å². The molecule has 0 aliphatic rings.